The molecule has 4 heteroatoms. The van der Waals surface area contributed by atoms with E-state index < -0.39 is 0 Å². The Hall–Kier alpha value is -4.44. The molecule has 180 valence electrons. The number of aromatic nitrogens is 2. The van der Waals surface area contributed by atoms with Gasteiger partial charge < -0.3 is 8.98 Å². The van der Waals surface area contributed by atoms with Crippen molar-refractivity contribution in [1.82, 2.24) is 4.57 Å². The number of halogens is 1. The monoisotopic (exact) mass is 485 g/mol. The molecular weight excluding hydrogens is 459 g/mol. The summed E-state index contributed by atoms with van der Waals surface area (Å²) in [6.07, 6.45) is 1.57. The van der Waals surface area contributed by atoms with E-state index in [2.05, 4.69) is 98.1 Å². The van der Waals surface area contributed by atoms with Crippen LogP contribution in [0.3, 0.4) is 0 Å². The second-order valence-electron chi connectivity index (χ2n) is 10.0. The Labute approximate surface area is 214 Å². The van der Waals surface area contributed by atoms with Gasteiger partial charge in [0.15, 0.2) is 5.82 Å². The van der Waals surface area contributed by atoms with Gasteiger partial charge in [0.05, 0.1) is 22.0 Å². The highest BCUT2D eigenvalue weighted by Gasteiger charge is 2.27. The number of fused-ring (bicyclic) bond motifs is 6. The average Bonchev–Trinajstić information content (AvgIpc) is 3.42. The summed E-state index contributed by atoms with van der Waals surface area (Å²) >= 11 is 0. The lowest BCUT2D eigenvalue weighted by Crippen LogP contribution is -2.31. The van der Waals surface area contributed by atoms with Crippen LogP contribution in [0.2, 0.25) is 0 Å². The molecule has 0 radical (unpaired) electrons. The summed E-state index contributed by atoms with van der Waals surface area (Å²) in [5, 5.41) is 3.68. The van der Waals surface area contributed by atoms with Gasteiger partial charge in [-0.3, -0.25) is 0 Å². The largest absolute Gasteiger partial charge is 0.449 e. The molecule has 7 aromatic rings. The first-order chi connectivity index (χ1) is 17.9. The highest BCUT2D eigenvalue weighted by Crippen LogP contribution is 2.39. The Morgan fingerprint density at radius 2 is 1.46 bits per heavy atom. The average molecular weight is 486 g/mol. The number of rotatable bonds is 2. The van der Waals surface area contributed by atoms with Crippen molar-refractivity contribution in [2.75, 3.05) is 0 Å². The smallest absolute Gasteiger partial charge is 0.256 e. The van der Waals surface area contributed by atoms with E-state index in [9.17, 15) is 0 Å². The SMILES string of the molecule is Cc1cc(C)c(C)c(-c2c3oc4ccc(-n5c6ccccc6c6ccccc65)cc4c3c(F)c[n+]2C)c1. The van der Waals surface area contributed by atoms with Gasteiger partial charge in [-0.2, -0.15) is 8.96 Å². The second-order valence-corrected chi connectivity index (χ2v) is 10.0. The summed E-state index contributed by atoms with van der Waals surface area (Å²) in [4.78, 5) is 0. The van der Waals surface area contributed by atoms with Crippen LogP contribution in [0, 0.1) is 26.6 Å². The van der Waals surface area contributed by atoms with Crippen LogP contribution >= 0.6 is 0 Å². The zero-order valence-corrected chi connectivity index (χ0v) is 21.3. The third-order valence-electron chi connectivity index (χ3n) is 7.69. The van der Waals surface area contributed by atoms with Crippen LogP contribution < -0.4 is 4.57 Å². The van der Waals surface area contributed by atoms with Gasteiger partial charge in [-0.05, 0) is 68.3 Å². The van der Waals surface area contributed by atoms with Crippen molar-refractivity contribution in [2.24, 2.45) is 7.05 Å². The van der Waals surface area contributed by atoms with Gasteiger partial charge in [-0.1, -0.05) is 48.0 Å². The molecule has 0 atom stereocenters. The maximum Gasteiger partial charge on any atom is 0.256 e. The van der Waals surface area contributed by atoms with Gasteiger partial charge in [0.2, 0.25) is 11.8 Å². The zero-order chi connectivity index (χ0) is 25.4. The molecule has 0 amide bonds. The van der Waals surface area contributed by atoms with Gasteiger partial charge >= 0.3 is 0 Å². The molecule has 0 aliphatic rings. The highest BCUT2D eigenvalue weighted by molar-refractivity contribution is 6.11. The Balaban J connectivity index is 1.56. The third kappa shape index (κ3) is 3.08. The van der Waals surface area contributed by atoms with Crippen LogP contribution in [0.4, 0.5) is 4.39 Å². The van der Waals surface area contributed by atoms with Crippen molar-refractivity contribution >= 4 is 43.7 Å². The Kier molecular flexibility index (Phi) is 4.58. The first-order valence-electron chi connectivity index (χ1n) is 12.5. The predicted octanol–water partition coefficient (Wildman–Crippen LogP) is 8.24. The predicted molar refractivity (Wildman–Crippen MR) is 149 cm³/mol. The van der Waals surface area contributed by atoms with Crippen LogP contribution in [-0.4, -0.2) is 4.57 Å². The summed E-state index contributed by atoms with van der Waals surface area (Å²) in [5.41, 5.74) is 9.95. The van der Waals surface area contributed by atoms with E-state index in [0.717, 1.165) is 33.4 Å². The number of pyridine rings is 1. The summed E-state index contributed by atoms with van der Waals surface area (Å²) in [5.74, 6) is -0.290. The molecule has 0 unspecified atom stereocenters. The minimum Gasteiger partial charge on any atom is -0.449 e. The van der Waals surface area contributed by atoms with E-state index in [0.29, 0.717) is 16.6 Å². The molecular formula is C33H26FN2O+. The van der Waals surface area contributed by atoms with Gasteiger partial charge in [0.1, 0.15) is 12.6 Å². The fourth-order valence-electron chi connectivity index (χ4n) is 5.89. The summed E-state index contributed by atoms with van der Waals surface area (Å²) in [6.45, 7) is 6.32. The van der Waals surface area contributed by atoms with Crippen molar-refractivity contribution in [2.45, 2.75) is 20.8 Å². The first-order valence-corrected chi connectivity index (χ1v) is 12.5. The number of nitrogens with zero attached hydrogens (tertiary/aromatic N) is 2. The standard InChI is InChI=1S/C33H26FN2O/c1-19-15-20(2)21(3)25(16-19)32-33-31(27(34)18-35(32)4)26-17-22(13-14-30(26)37-33)36-28-11-7-5-9-23(28)24-10-6-8-12-29(24)36/h5-18H,1-4H3/q+1. The van der Waals surface area contributed by atoms with Crippen LogP contribution in [0.15, 0.2) is 89.5 Å². The van der Waals surface area contributed by atoms with E-state index in [1.807, 2.05) is 17.7 Å². The van der Waals surface area contributed by atoms with Crippen LogP contribution in [0.1, 0.15) is 16.7 Å². The first kappa shape index (κ1) is 21.8. The lowest BCUT2D eigenvalue weighted by molar-refractivity contribution is -0.660. The molecule has 4 aromatic carbocycles. The number of aryl methyl sites for hydroxylation is 3. The fraction of sp³-hybridized carbons (Fsp3) is 0.121. The van der Waals surface area contributed by atoms with Crippen molar-refractivity contribution in [3.05, 3.63) is 108 Å². The zero-order valence-electron chi connectivity index (χ0n) is 21.3. The molecule has 3 nitrogen and oxygen atoms in total. The normalized spacial score (nSPS) is 11.9. The number of benzene rings is 4. The van der Waals surface area contributed by atoms with E-state index in [1.165, 1.54) is 27.5 Å². The quantitative estimate of drug-likeness (QED) is 0.226. The maximum atomic E-state index is 15.7. The fourth-order valence-corrected chi connectivity index (χ4v) is 5.89. The third-order valence-corrected chi connectivity index (χ3v) is 7.69. The van der Waals surface area contributed by atoms with Gasteiger partial charge in [-0.15, -0.1) is 0 Å². The molecule has 0 fully saturated rings. The van der Waals surface area contributed by atoms with Gasteiger partial charge in [-0.25, -0.2) is 0 Å². The minimum atomic E-state index is -0.290. The molecule has 0 saturated carbocycles. The molecule has 37 heavy (non-hydrogen) atoms. The molecule has 0 bridgehead atoms. The topological polar surface area (TPSA) is 21.9 Å². The lowest BCUT2D eigenvalue weighted by atomic mass is 9.96. The molecule has 3 aromatic heterocycles. The van der Waals surface area contributed by atoms with E-state index >= 15 is 4.39 Å². The van der Waals surface area contributed by atoms with E-state index in [1.54, 1.807) is 6.20 Å². The highest BCUT2D eigenvalue weighted by atomic mass is 19.1. The summed E-state index contributed by atoms with van der Waals surface area (Å²) in [6, 6.07) is 27.2. The number of hydrogen-bond acceptors (Lipinski definition) is 1. The summed E-state index contributed by atoms with van der Waals surface area (Å²) in [7, 11) is 1.88. The number of hydrogen-bond donors (Lipinski definition) is 0. The van der Waals surface area contributed by atoms with Crippen molar-refractivity contribution < 1.29 is 13.4 Å². The maximum absolute atomic E-state index is 15.7. The van der Waals surface area contributed by atoms with Crippen LogP contribution in [0.5, 0.6) is 0 Å². The lowest BCUT2D eigenvalue weighted by Gasteiger charge is -2.10. The molecule has 0 N–H and O–H groups in total. The Morgan fingerprint density at radius 1 is 0.784 bits per heavy atom. The molecule has 0 saturated heterocycles. The molecule has 0 spiro atoms. The second kappa shape index (κ2) is 7.78. The summed E-state index contributed by atoms with van der Waals surface area (Å²) < 4.78 is 26.2. The number of para-hydroxylation sites is 2. The van der Waals surface area contributed by atoms with Crippen molar-refractivity contribution in [3.8, 4) is 16.9 Å². The molecule has 0 aliphatic heterocycles. The Bertz CT molecular complexity index is 1990. The Morgan fingerprint density at radius 3 is 2.16 bits per heavy atom. The van der Waals surface area contributed by atoms with Crippen LogP contribution in [-0.2, 0) is 7.05 Å². The van der Waals surface area contributed by atoms with Crippen molar-refractivity contribution in [1.29, 1.82) is 0 Å². The molecule has 7 rings (SSSR count). The molecule has 3 heterocycles. The minimum absolute atomic E-state index is 0.290. The van der Waals surface area contributed by atoms with E-state index in [4.69, 9.17) is 4.42 Å². The van der Waals surface area contributed by atoms with Gasteiger partial charge in [0.25, 0.3) is 5.69 Å². The van der Waals surface area contributed by atoms with Gasteiger partial charge in [0, 0.05) is 21.8 Å². The van der Waals surface area contributed by atoms with Crippen LogP contribution in [0.25, 0.3) is 60.7 Å². The van der Waals surface area contributed by atoms with E-state index in [-0.39, 0.29) is 5.82 Å². The van der Waals surface area contributed by atoms with Crippen molar-refractivity contribution in [3.63, 3.8) is 0 Å². The number of furan rings is 1. The molecule has 0 aliphatic carbocycles.